The molecule has 20 heavy (non-hydrogen) atoms. The van der Waals surface area contributed by atoms with Crippen LogP contribution in [0.15, 0.2) is 29.4 Å². The van der Waals surface area contributed by atoms with Gasteiger partial charge in [-0.3, -0.25) is 0 Å². The third-order valence-corrected chi connectivity index (χ3v) is 2.23. The molecule has 1 aromatic carbocycles. The van der Waals surface area contributed by atoms with E-state index in [0.29, 0.717) is 12.4 Å². The van der Waals surface area contributed by atoms with Crippen molar-refractivity contribution in [2.75, 3.05) is 13.7 Å². The molecular weight excluding hydrogens is 271 g/mol. The summed E-state index contributed by atoms with van der Waals surface area (Å²) in [5, 5.41) is 3.05. The number of hydrogen-bond donors (Lipinski definition) is 0. The van der Waals surface area contributed by atoms with Crippen molar-refractivity contribution >= 4 is 5.71 Å². The van der Waals surface area contributed by atoms with Crippen LogP contribution in [0, 0.1) is 5.41 Å². The maximum Gasteiger partial charge on any atom is 0.437 e. The molecule has 0 aliphatic heterocycles. The normalized spacial score (nSPS) is 13.2. The monoisotopic (exact) mass is 289 g/mol. The van der Waals surface area contributed by atoms with Gasteiger partial charge >= 0.3 is 6.18 Å². The van der Waals surface area contributed by atoms with Gasteiger partial charge in [0, 0.05) is 5.56 Å². The fourth-order valence-electron chi connectivity index (χ4n) is 1.39. The summed E-state index contributed by atoms with van der Waals surface area (Å²) in [5.74, 6) is 0.366. The molecule has 112 valence electrons. The van der Waals surface area contributed by atoms with Crippen LogP contribution < -0.4 is 4.74 Å². The maximum atomic E-state index is 12.8. The smallest absolute Gasteiger partial charge is 0.437 e. The maximum absolute atomic E-state index is 12.8. The van der Waals surface area contributed by atoms with E-state index in [-0.39, 0.29) is 11.0 Å². The molecule has 0 unspecified atom stereocenters. The van der Waals surface area contributed by atoms with Crippen molar-refractivity contribution in [1.82, 2.24) is 0 Å². The van der Waals surface area contributed by atoms with Crippen LogP contribution >= 0.6 is 0 Å². The molecule has 0 N–H and O–H groups in total. The van der Waals surface area contributed by atoms with Gasteiger partial charge in [-0.05, 0) is 17.5 Å². The molecule has 0 aliphatic rings. The number of rotatable bonds is 4. The highest BCUT2D eigenvalue weighted by molar-refractivity contribution is 6.04. The Bertz CT molecular complexity index is 476. The van der Waals surface area contributed by atoms with Gasteiger partial charge in [-0.15, -0.1) is 0 Å². The standard InChI is InChI=1S/C14H18F3NO2/c1-13(2,3)9-20-11-7-5-6-10(8-11)12(18-19-4)14(15,16)17/h5-8H,9H2,1-4H3. The van der Waals surface area contributed by atoms with Crippen LogP contribution in [0.4, 0.5) is 13.2 Å². The van der Waals surface area contributed by atoms with E-state index in [4.69, 9.17) is 4.74 Å². The third-order valence-electron chi connectivity index (χ3n) is 2.23. The molecule has 1 aromatic rings. The van der Waals surface area contributed by atoms with Crippen LogP contribution in [0.1, 0.15) is 26.3 Å². The molecule has 0 atom stereocenters. The second-order valence-corrected chi connectivity index (χ2v) is 5.50. The zero-order chi connectivity index (χ0) is 15.4. The summed E-state index contributed by atoms with van der Waals surface area (Å²) < 4.78 is 44.0. The summed E-state index contributed by atoms with van der Waals surface area (Å²) in [6, 6.07) is 5.71. The first kappa shape index (κ1) is 16.3. The molecule has 0 amide bonds. The van der Waals surface area contributed by atoms with Gasteiger partial charge in [-0.25, -0.2) is 0 Å². The molecule has 0 bridgehead atoms. The lowest BCUT2D eigenvalue weighted by atomic mass is 9.99. The van der Waals surface area contributed by atoms with E-state index in [9.17, 15) is 13.2 Å². The first-order valence-corrected chi connectivity index (χ1v) is 6.05. The van der Waals surface area contributed by atoms with Crippen LogP contribution in [0.5, 0.6) is 5.75 Å². The zero-order valence-electron chi connectivity index (χ0n) is 11.9. The largest absolute Gasteiger partial charge is 0.493 e. The number of hydrogen-bond acceptors (Lipinski definition) is 3. The van der Waals surface area contributed by atoms with E-state index in [0.717, 1.165) is 7.11 Å². The minimum absolute atomic E-state index is 0.0799. The predicted molar refractivity (Wildman–Crippen MR) is 71.0 cm³/mol. The number of benzene rings is 1. The fraction of sp³-hybridized carbons (Fsp3) is 0.500. The lowest BCUT2D eigenvalue weighted by Crippen LogP contribution is -2.24. The van der Waals surface area contributed by atoms with E-state index >= 15 is 0 Å². The average Bonchev–Trinajstić information content (AvgIpc) is 2.31. The highest BCUT2D eigenvalue weighted by Gasteiger charge is 2.38. The molecule has 0 aliphatic carbocycles. The number of ether oxygens (including phenoxy) is 1. The quantitative estimate of drug-likeness (QED) is 0.619. The molecule has 0 heterocycles. The Balaban J connectivity index is 3.00. The van der Waals surface area contributed by atoms with E-state index in [1.54, 1.807) is 6.07 Å². The van der Waals surface area contributed by atoms with E-state index in [1.165, 1.54) is 18.2 Å². The Kier molecular flexibility index (Phi) is 5.03. The second kappa shape index (κ2) is 6.15. The SMILES string of the molecule is CON=C(c1cccc(OCC(C)(C)C)c1)C(F)(F)F. The second-order valence-electron chi connectivity index (χ2n) is 5.50. The Morgan fingerprint density at radius 1 is 1.20 bits per heavy atom. The van der Waals surface area contributed by atoms with E-state index < -0.39 is 11.9 Å². The van der Waals surface area contributed by atoms with Gasteiger partial charge in [0.1, 0.15) is 12.9 Å². The summed E-state index contributed by atoms with van der Waals surface area (Å²) in [4.78, 5) is 4.27. The van der Waals surface area contributed by atoms with Crippen LogP contribution in [0.25, 0.3) is 0 Å². The minimum Gasteiger partial charge on any atom is -0.493 e. The van der Waals surface area contributed by atoms with Crippen LogP contribution in [0.3, 0.4) is 0 Å². The number of nitrogens with zero attached hydrogens (tertiary/aromatic N) is 1. The molecule has 0 fully saturated rings. The summed E-state index contributed by atoms with van der Waals surface area (Å²) in [6.07, 6.45) is -4.58. The van der Waals surface area contributed by atoms with Gasteiger partial charge in [0.15, 0.2) is 5.71 Å². The first-order chi connectivity index (χ1) is 9.13. The fourth-order valence-corrected chi connectivity index (χ4v) is 1.39. The van der Waals surface area contributed by atoms with Gasteiger partial charge in [0.25, 0.3) is 0 Å². The third kappa shape index (κ3) is 5.11. The number of oxime groups is 1. The van der Waals surface area contributed by atoms with Crippen molar-refractivity contribution in [3.63, 3.8) is 0 Å². The molecular formula is C14H18F3NO2. The molecule has 0 radical (unpaired) electrons. The van der Waals surface area contributed by atoms with Gasteiger partial charge in [-0.2, -0.15) is 13.2 Å². The number of halogens is 3. The first-order valence-electron chi connectivity index (χ1n) is 6.05. The lowest BCUT2D eigenvalue weighted by Gasteiger charge is -2.19. The topological polar surface area (TPSA) is 30.8 Å². The van der Waals surface area contributed by atoms with E-state index in [1.807, 2.05) is 20.8 Å². The Morgan fingerprint density at radius 2 is 1.85 bits per heavy atom. The Labute approximate surface area is 116 Å². The van der Waals surface area contributed by atoms with Crippen LogP contribution in [-0.4, -0.2) is 25.6 Å². The minimum atomic E-state index is -4.58. The highest BCUT2D eigenvalue weighted by Crippen LogP contribution is 2.26. The van der Waals surface area contributed by atoms with Gasteiger partial charge < -0.3 is 9.57 Å². The molecule has 6 heteroatoms. The highest BCUT2D eigenvalue weighted by atomic mass is 19.4. The van der Waals surface area contributed by atoms with Gasteiger partial charge in [0.05, 0.1) is 6.61 Å². The van der Waals surface area contributed by atoms with Crippen molar-refractivity contribution in [3.05, 3.63) is 29.8 Å². The summed E-state index contributed by atoms with van der Waals surface area (Å²) in [7, 11) is 1.08. The predicted octanol–water partition coefficient (Wildman–Crippen LogP) is 4.02. The van der Waals surface area contributed by atoms with Crippen LogP contribution in [0.2, 0.25) is 0 Å². The van der Waals surface area contributed by atoms with Crippen molar-refractivity contribution in [2.45, 2.75) is 26.9 Å². The summed E-state index contributed by atoms with van der Waals surface area (Å²) in [5.41, 5.74) is -1.25. The van der Waals surface area contributed by atoms with Crippen molar-refractivity contribution in [3.8, 4) is 5.75 Å². The van der Waals surface area contributed by atoms with Crippen molar-refractivity contribution in [2.24, 2.45) is 10.6 Å². The molecule has 3 nitrogen and oxygen atoms in total. The molecule has 0 saturated heterocycles. The zero-order valence-corrected chi connectivity index (χ0v) is 11.9. The average molecular weight is 289 g/mol. The summed E-state index contributed by atoms with van der Waals surface area (Å²) in [6.45, 7) is 6.33. The van der Waals surface area contributed by atoms with Crippen LogP contribution in [-0.2, 0) is 4.84 Å². The molecule has 0 spiro atoms. The molecule has 1 rings (SSSR count). The van der Waals surface area contributed by atoms with Gasteiger partial charge in [-0.1, -0.05) is 38.1 Å². The lowest BCUT2D eigenvalue weighted by molar-refractivity contribution is -0.0608. The van der Waals surface area contributed by atoms with E-state index in [2.05, 4.69) is 9.99 Å². The number of alkyl halides is 3. The molecule has 0 saturated carbocycles. The Morgan fingerprint density at radius 3 is 2.35 bits per heavy atom. The van der Waals surface area contributed by atoms with Gasteiger partial charge in [0.2, 0.25) is 0 Å². The van der Waals surface area contributed by atoms with Crippen molar-refractivity contribution in [1.29, 1.82) is 0 Å². The van der Waals surface area contributed by atoms with Crippen molar-refractivity contribution < 1.29 is 22.7 Å². The Hall–Kier alpha value is -1.72. The molecule has 0 aromatic heterocycles. The summed E-state index contributed by atoms with van der Waals surface area (Å²) >= 11 is 0.